The molecule has 33 heavy (non-hydrogen) atoms. The number of ether oxygens (including phenoxy) is 1. The maximum absolute atomic E-state index is 13.5. The molecule has 0 bridgehead atoms. The molecule has 1 amide bonds. The molecule has 0 fully saturated rings. The summed E-state index contributed by atoms with van der Waals surface area (Å²) < 4.78 is 33.4. The smallest absolute Gasteiger partial charge is 0.264 e. The van der Waals surface area contributed by atoms with Crippen molar-refractivity contribution in [3.8, 4) is 5.75 Å². The van der Waals surface area contributed by atoms with Crippen LogP contribution in [0.5, 0.6) is 5.75 Å². The molecule has 1 unspecified atom stereocenters. The number of benzene rings is 3. The minimum atomic E-state index is -3.91. The Labute approximate surface area is 195 Å². The maximum Gasteiger partial charge on any atom is 0.264 e. The van der Waals surface area contributed by atoms with Crippen LogP contribution in [0.3, 0.4) is 0 Å². The highest BCUT2D eigenvalue weighted by atomic mass is 32.2. The molecule has 172 valence electrons. The second-order valence-electron chi connectivity index (χ2n) is 8.29. The number of rotatable bonds is 6. The van der Waals surface area contributed by atoms with Crippen LogP contribution in [-0.2, 0) is 16.4 Å². The Kier molecular flexibility index (Phi) is 6.17. The molecule has 3 aromatic carbocycles. The van der Waals surface area contributed by atoms with Gasteiger partial charge in [0.05, 0.1) is 23.7 Å². The van der Waals surface area contributed by atoms with Gasteiger partial charge in [0.1, 0.15) is 5.75 Å². The molecular weight excluding hydrogens is 436 g/mol. The first kappa shape index (κ1) is 22.9. The normalized spacial score (nSPS) is 15.1. The van der Waals surface area contributed by atoms with Gasteiger partial charge in [0.2, 0.25) is 0 Å². The monoisotopic (exact) mass is 464 g/mol. The van der Waals surface area contributed by atoms with Crippen LogP contribution in [0.2, 0.25) is 0 Å². The van der Waals surface area contributed by atoms with E-state index in [4.69, 9.17) is 4.74 Å². The van der Waals surface area contributed by atoms with Gasteiger partial charge in [-0.25, -0.2) is 8.42 Å². The highest BCUT2D eigenvalue weighted by molar-refractivity contribution is 7.92. The largest absolute Gasteiger partial charge is 0.495 e. The topological polar surface area (TPSA) is 66.9 Å². The first-order valence-electron chi connectivity index (χ1n) is 10.8. The number of fused-ring (bicyclic) bond motifs is 1. The van der Waals surface area contributed by atoms with Crippen LogP contribution in [0, 0.1) is 6.92 Å². The van der Waals surface area contributed by atoms with E-state index >= 15 is 0 Å². The van der Waals surface area contributed by atoms with E-state index in [-0.39, 0.29) is 16.8 Å². The summed E-state index contributed by atoms with van der Waals surface area (Å²) in [6.07, 6.45) is 1.78. The molecule has 1 atom stereocenters. The number of amides is 1. The highest BCUT2D eigenvalue weighted by Gasteiger charge is 2.31. The molecule has 1 aliphatic carbocycles. The van der Waals surface area contributed by atoms with Crippen LogP contribution in [0.25, 0.3) is 0 Å². The molecule has 7 heteroatoms. The van der Waals surface area contributed by atoms with Gasteiger partial charge in [-0.2, -0.15) is 0 Å². The Bertz CT molecular complexity index is 1300. The van der Waals surface area contributed by atoms with Crippen molar-refractivity contribution >= 4 is 21.6 Å². The maximum atomic E-state index is 13.5. The van der Waals surface area contributed by atoms with E-state index in [9.17, 15) is 13.2 Å². The van der Waals surface area contributed by atoms with E-state index in [1.807, 2.05) is 19.1 Å². The first-order valence-corrected chi connectivity index (χ1v) is 12.3. The lowest BCUT2D eigenvalue weighted by Gasteiger charge is -2.27. The molecule has 4 rings (SSSR count). The van der Waals surface area contributed by atoms with E-state index in [1.54, 1.807) is 42.3 Å². The summed E-state index contributed by atoms with van der Waals surface area (Å²) in [4.78, 5) is 15.3. The SMILES string of the molecule is COc1ccccc1N(C)S(=O)(=O)c1ccc(C)c(C(=O)N(C)C2CCc3ccccc32)c1. The standard InChI is InChI=1S/C26H28N2O4S/c1-18-13-15-20(33(30,31)28(3)24-11-7-8-12-25(24)32-4)17-22(18)26(29)27(2)23-16-14-19-9-5-6-10-21(19)23/h5-13,15,17,23H,14,16H2,1-4H3. The summed E-state index contributed by atoms with van der Waals surface area (Å²) in [6, 6.07) is 19.8. The van der Waals surface area contributed by atoms with Gasteiger partial charge in [-0.3, -0.25) is 9.10 Å². The molecule has 0 aromatic heterocycles. The number of aryl methyl sites for hydroxylation is 2. The van der Waals surface area contributed by atoms with Crippen molar-refractivity contribution in [3.63, 3.8) is 0 Å². The van der Waals surface area contributed by atoms with Crippen molar-refractivity contribution in [2.75, 3.05) is 25.5 Å². The zero-order valence-electron chi connectivity index (χ0n) is 19.3. The second-order valence-corrected chi connectivity index (χ2v) is 10.3. The van der Waals surface area contributed by atoms with Gasteiger partial charge < -0.3 is 9.64 Å². The summed E-state index contributed by atoms with van der Waals surface area (Å²) in [5.74, 6) is 0.262. The number of sulfonamides is 1. The molecule has 1 aliphatic rings. The summed E-state index contributed by atoms with van der Waals surface area (Å²) >= 11 is 0. The second kappa shape index (κ2) is 8.90. The van der Waals surface area contributed by atoms with Crippen molar-refractivity contribution in [2.24, 2.45) is 0 Å². The van der Waals surface area contributed by atoms with E-state index in [2.05, 4.69) is 12.1 Å². The van der Waals surface area contributed by atoms with Gasteiger partial charge in [-0.15, -0.1) is 0 Å². The van der Waals surface area contributed by atoms with Gasteiger partial charge >= 0.3 is 0 Å². The Balaban J connectivity index is 1.67. The number of carbonyl (C=O) groups excluding carboxylic acids is 1. The predicted octanol–water partition coefficient (Wildman–Crippen LogP) is 4.59. The van der Waals surface area contributed by atoms with Crippen molar-refractivity contribution in [3.05, 3.63) is 89.0 Å². The van der Waals surface area contributed by atoms with Crippen LogP contribution in [0.15, 0.2) is 71.6 Å². The van der Waals surface area contributed by atoms with E-state index in [0.29, 0.717) is 17.0 Å². The minimum absolute atomic E-state index is 0.0235. The molecule has 3 aromatic rings. The summed E-state index contributed by atoms with van der Waals surface area (Å²) in [5.41, 5.74) is 3.96. The summed E-state index contributed by atoms with van der Waals surface area (Å²) in [6.45, 7) is 1.82. The van der Waals surface area contributed by atoms with Crippen LogP contribution in [-0.4, -0.2) is 40.4 Å². The van der Waals surface area contributed by atoms with Crippen LogP contribution in [0.4, 0.5) is 5.69 Å². The van der Waals surface area contributed by atoms with E-state index in [0.717, 1.165) is 24.0 Å². The van der Waals surface area contributed by atoms with Crippen molar-refractivity contribution in [1.82, 2.24) is 4.90 Å². The van der Waals surface area contributed by atoms with E-state index in [1.165, 1.54) is 36.2 Å². The number of hydrogen-bond acceptors (Lipinski definition) is 4. The molecule has 0 aliphatic heterocycles. The third kappa shape index (κ3) is 4.09. The summed E-state index contributed by atoms with van der Waals surface area (Å²) in [5, 5.41) is 0. The van der Waals surface area contributed by atoms with Crippen LogP contribution in [0.1, 0.15) is 39.5 Å². The molecule has 0 radical (unpaired) electrons. The molecule has 6 nitrogen and oxygen atoms in total. The van der Waals surface area contributed by atoms with Gasteiger partial charge in [0, 0.05) is 19.7 Å². The Hall–Kier alpha value is -3.32. The zero-order valence-corrected chi connectivity index (χ0v) is 20.1. The fraction of sp³-hybridized carbons (Fsp3) is 0.269. The molecular formula is C26H28N2O4S. The predicted molar refractivity (Wildman–Crippen MR) is 129 cm³/mol. The van der Waals surface area contributed by atoms with Crippen LogP contribution < -0.4 is 9.04 Å². The van der Waals surface area contributed by atoms with Gasteiger partial charge in [-0.1, -0.05) is 42.5 Å². The third-order valence-corrected chi connectivity index (χ3v) is 8.18. The number of nitrogens with zero attached hydrogens (tertiary/aromatic N) is 2. The number of hydrogen-bond donors (Lipinski definition) is 0. The lowest BCUT2D eigenvalue weighted by molar-refractivity contribution is 0.0729. The number of methoxy groups -OCH3 is 1. The molecule has 0 N–H and O–H groups in total. The fourth-order valence-electron chi connectivity index (χ4n) is 4.44. The first-order chi connectivity index (χ1) is 15.8. The van der Waals surface area contributed by atoms with Crippen LogP contribution >= 0.6 is 0 Å². The molecule has 0 saturated heterocycles. The molecule has 0 heterocycles. The average molecular weight is 465 g/mol. The molecule has 0 spiro atoms. The number of para-hydroxylation sites is 2. The van der Waals surface area contributed by atoms with Gasteiger partial charge in [0.15, 0.2) is 0 Å². The minimum Gasteiger partial charge on any atom is -0.495 e. The Morgan fingerprint density at radius 1 is 1.00 bits per heavy atom. The Morgan fingerprint density at radius 2 is 1.70 bits per heavy atom. The van der Waals surface area contributed by atoms with Gasteiger partial charge in [0.25, 0.3) is 15.9 Å². The quantitative estimate of drug-likeness (QED) is 0.535. The molecule has 0 saturated carbocycles. The number of anilines is 1. The average Bonchev–Trinajstić information content (AvgIpc) is 3.27. The third-order valence-electron chi connectivity index (χ3n) is 6.41. The van der Waals surface area contributed by atoms with Crippen molar-refractivity contribution < 1.29 is 17.9 Å². The number of carbonyl (C=O) groups is 1. The lowest BCUT2D eigenvalue weighted by atomic mass is 10.0. The fourth-order valence-corrected chi connectivity index (χ4v) is 5.67. The lowest BCUT2D eigenvalue weighted by Crippen LogP contribution is -2.31. The highest BCUT2D eigenvalue weighted by Crippen LogP contribution is 2.36. The summed E-state index contributed by atoms with van der Waals surface area (Å²) in [7, 11) is 0.861. The van der Waals surface area contributed by atoms with Gasteiger partial charge in [-0.05, 0) is 60.7 Å². The van der Waals surface area contributed by atoms with Crippen molar-refractivity contribution in [1.29, 1.82) is 0 Å². The zero-order chi connectivity index (χ0) is 23.8. The van der Waals surface area contributed by atoms with Crippen molar-refractivity contribution in [2.45, 2.75) is 30.7 Å². The Morgan fingerprint density at radius 3 is 2.45 bits per heavy atom. The van der Waals surface area contributed by atoms with E-state index < -0.39 is 10.0 Å².